The monoisotopic (exact) mass is 308 g/mol. The van der Waals surface area contributed by atoms with E-state index < -0.39 is 0 Å². The summed E-state index contributed by atoms with van der Waals surface area (Å²) in [6.45, 7) is 3.12. The summed E-state index contributed by atoms with van der Waals surface area (Å²) < 4.78 is 5.75. The zero-order valence-electron chi connectivity index (χ0n) is 13.7. The summed E-state index contributed by atoms with van der Waals surface area (Å²) in [6, 6.07) is 8.26. The molecule has 1 nitrogen and oxygen atoms in total. The van der Waals surface area contributed by atoms with Gasteiger partial charge >= 0.3 is 0 Å². The second kappa shape index (κ2) is 13.1. The van der Waals surface area contributed by atoms with Crippen LogP contribution in [0.2, 0.25) is 0 Å². The van der Waals surface area contributed by atoms with Crippen molar-refractivity contribution in [1.29, 1.82) is 0 Å². The van der Waals surface area contributed by atoms with Gasteiger partial charge in [0.2, 0.25) is 0 Å². The molecule has 21 heavy (non-hydrogen) atoms. The van der Waals surface area contributed by atoms with E-state index in [-0.39, 0.29) is 0 Å². The molecule has 0 aliphatic heterocycles. The normalized spacial score (nSPS) is 10.8. The highest BCUT2D eigenvalue weighted by molar-refractivity contribution is 7.79. The zero-order valence-corrected chi connectivity index (χ0v) is 14.5. The first kappa shape index (κ1) is 18.4. The van der Waals surface area contributed by atoms with Gasteiger partial charge in [-0.2, -0.15) is 12.6 Å². The summed E-state index contributed by atoms with van der Waals surface area (Å²) >= 11 is 4.25. The molecule has 0 N–H and O–H groups in total. The fourth-order valence-electron chi connectivity index (χ4n) is 2.47. The molecule has 0 aromatic heterocycles. The minimum absolute atomic E-state index is 0.790. The van der Waals surface area contributed by atoms with Crippen molar-refractivity contribution in [2.45, 2.75) is 76.9 Å². The van der Waals surface area contributed by atoms with Crippen LogP contribution in [0, 0.1) is 0 Å². The molecule has 0 aliphatic carbocycles. The Hall–Kier alpha value is -0.630. The van der Waals surface area contributed by atoms with E-state index in [1.165, 1.54) is 69.8 Å². The second-order valence-corrected chi connectivity index (χ2v) is 6.15. The highest BCUT2D eigenvalue weighted by atomic mass is 32.1. The van der Waals surface area contributed by atoms with Crippen LogP contribution in [0.3, 0.4) is 0 Å². The van der Waals surface area contributed by atoms with Gasteiger partial charge in [0.05, 0.1) is 6.61 Å². The molecule has 0 spiro atoms. The number of rotatable bonds is 13. The zero-order chi connectivity index (χ0) is 15.2. The van der Waals surface area contributed by atoms with Crippen LogP contribution in [0.25, 0.3) is 0 Å². The van der Waals surface area contributed by atoms with Gasteiger partial charge in [0.15, 0.2) is 0 Å². The molecule has 0 fully saturated rings. The van der Waals surface area contributed by atoms with Crippen LogP contribution in [0.15, 0.2) is 24.3 Å². The lowest BCUT2D eigenvalue weighted by molar-refractivity contribution is 0.304. The van der Waals surface area contributed by atoms with Gasteiger partial charge in [-0.3, -0.25) is 0 Å². The largest absolute Gasteiger partial charge is 0.494 e. The van der Waals surface area contributed by atoms with Crippen molar-refractivity contribution in [1.82, 2.24) is 0 Å². The Balaban J connectivity index is 1.88. The van der Waals surface area contributed by atoms with Crippen molar-refractivity contribution < 1.29 is 4.74 Å². The Morgan fingerprint density at radius 2 is 1.29 bits per heavy atom. The lowest BCUT2D eigenvalue weighted by atomic mass is 10.1. The average Bonchev–Trinajstić information content (AvgIpc) is 2.53. The van der Waals surface area contributed by atoms with Crippen LogP contribution in [0.4, 0.5) is 0 Å². The Bertz CT molecular complexity index is 334. The molecule has 120 valence electrons. The first-order chi connectivity index (χ1) is 10.4. The number of ether oxygens (including phenoxy) is 1. The third-order valence-electron chi connectivity index (χ3n) is 3.87. The molecule has 0 aliphatic rings. The average molecular weight is 309 g/mol. The number of unbranched alkanes of at least 4 members (excludes halogenated alkanes) is 9. The first-order valence-corrected chi connectivity index (χ1v) is 9.32. The van der Waals surface area contributed by atoms with E-state index in [9.17, 15) is 0 Å². The molecule has 0 unspecified atom stereocenters. The van der Waals surface area contributed by atoms with Gasteiger partial charge in [-0.25, -0.2) is 0 Å². The lowest BCUT2D eigenvalue weighted by Gasteiger charge is -2.07. The summed E-state index contributed by atoms with van der Waals surface area (Å²) in [7, 11) is 0. The molecule has 0 saturated heterocycles. The number of hydrogen-bond acceptors (Lipinski definition) is 2. The van der Waals surface area contributed by atoms with Gasteiger partial charge in [0.25, 0.3) is 0 Å². The third-order valence-corrected chi connectivity index (χ3v) is 4.24. The van der Waals surface area contributed by atoms with Crippen LogP contribution in [0.5, 0.6) is 5.75 Å². The van der Waals surface area contributed by atoms with Gasteiger partial charge in [0, 0.05) is 5.75 Å². The number of thiol groups is 1. The van der Waals surface area contributed by atoms with Gasteiger partial charge in [-0.05, 0) is 24.1 Å². The molecule has 2 heteroatoms. The fraction of sp³-hybridized carbons (Fsp3) is 0.684. The van der Waals surface area contributed by atoms with Crippen molar-refractivity contribution in [2.75, 3.05) is 6.61 Å². The summed E-state index contributed by atoms with van der Waals surface area (Å²) in [5.41, 5.74) is 1.24. The van der Waals surface area contributed by atoms with Crippen molar-refractivity contribution in [3.05, 3.63) is 29.8 Å². The molecule has 0 heterocycles. The van der Waals surface area contributed by atoms with Gasteiger partial charge in [0.1, 0.15) is 5.75 Å². The smallest absolute Gasteiger partial charge is 0.119 e. The maximum absolute atomic E-state index is 5.75. The molecule has 1 rings (SSSR count). The quantitative estimate of drug-likeness (QED) is 0.327. The van der Waals surface area contributed by atoms with E-state index in [1.54, 1.807) is 0 Å². The van der Waals surface area contributed by atoms with Gasteiger partial charge in [-0.15, -0.1) is 0 Å². The van der Waals surface area contributed by atoms with Crippen LogP contribution in [-0.4, -0.2) is 6.61 Å². The van der Waals surface area contributed by atoms with Crippen LogP contribution in [-0.2, 0) is 5.75 Å². The third kappa shape index (κ3) is 9.84. The van der Waals surface area contributed by atoms with E-state index in [0.29, 0.717) is 0 Å². The van der Waals surface area contributed by atoms with Crippen molar-refractivity contribution in [3.8, 4) is 5.75 Å². The minimum atomic E-state index is 0.790. The maximum atomic E-state index is 5.75. The Morgan fingerprint density at radius 1 is 0.762 bits per heavy atom. The molecule has 0 amide bonds. The van der Waals surface area contributed by atoms with Crippen molar-refractivity contribution in [3.63, 3.8) is 0 Å². The fourth-order valence-corrected chi connectivity index (χ4v) is 2.68. The predicted molar refractivity (Wildman–Crippen MR) is 96.5 cm³/mol. The molecule has 0 atom stereocenters. The molecular formula is C19H32OS. The van der Waals surface area contributed by atoms with Crippen LogP contribution >= 0.6 is 12.6 Å². The van der Waals surface area contributed by atoms with Crippen LogP contribution in [0.1, 0.15) is 76.7 Å². The summed E-state index contributed by atoms with van der Waals surface area (Å²) in [5, 5.41) is 0. The van der Waals surface area contributed by atoms with Gasteiger partial charge < -0.3 is 4.74 Å². The van der Waals surface area contributed by atoms with Crippen molar-refractivity contribution >= 4 is 12.6 Å². The number of hydrogen-bond donors (Lipinski definition) is 1. The molecule has 1 aromatic rings. The van der Waals surface area contributed by atoms with E-state index in [2.05, 4.69) is 31.7 Å². The molecule has 1 aromatic carbocycles. The minimum Gasteiger partial charge on any atom is -0.494 e. The summed E-state index contributed by atoms with van der Waals surface area (Å²) in [6.07, 6.45) is 13.7. The van der Waals surface area contributed by atoms with Crippen molar-refractivity contribution in [2.24, 2.45) is 0 Å². The van der Waals surface area contributed by atoms with E-state index in [0.717, 1.165) is 18.1 Å². The Kier molecular flexibility index (Phi) is 11.5. The topological polar surface area (TPSA) is 9.23 Å². The summed E-state index contributed by atoms with van der Waals surface area (Å²) in [4.78, 5) is 0. The Morgan fingerprint density at radius 3 is 1.81 bits per heavy atom. The SMILES string of the molecule is CCCCCCCCCCCCOc1ccc(CS)cc1. The lowest BCUT2D eigenvalue weighted by Crippen LogP contribution is -1.97. The Labute approximate surface area is 136 Å². The van der Waals surface area contributed by atoms with E-state index >= 15 is 0 Å². The van der Waals surface area contributed by atoms with E-state index in [1.807, 2.05) is 12.1 Å². The van der Waals surface area contributed by atoms with E-state index in [4.69, 9.17) is 4.74 Å². The van der Waals surface area contributed by atoms with Crippen LogP contribution < -0.4 is 4.74 Å². The molecular weight excluding hydrogens is 276 g/mol. The predicted octanol–water partition coefficient (Wildman–Crippen LogP) is 6.42. The highest BCUT2D eigenvalue weighted by Gasteiger charge is 1.96. The standard InChI is InChI=1S/C19H32OS/c1-2-3-4-5-6-7-8-9-10-11-16-20-19-14-12-18(17-21)13-15-19/h12-15,21H,2-11,16-17H2,1H3. The molecule has 0 bridgehead atoms. The summed E-state index contributed by atoms with van der Waals surface area (Å²) in [5.74, 6) is 1.77. The maximum Gasteiger partial charge on any atom is 0.119 e. The first-order valence-electron chi connectivity index (χ1n) is 8.69. The second-order valence-electron chi connectivity index (χ2n) is 5.83. The molecule has 0 radical (unpaired) electrons. The number of benzene rings is 1. The van der Waals surface area contributed by atoms with Gasteiger partial charge in [-0.1, -0.05) is 76.8 Å². The molecule has 0 saturated carbocycles. The highest BCUT2D eigenvalue weighted by Crippen LogP contribution is 2.14.